The number of rotatable bonds is 11. The van der Waals surface area contributed by atoms with E-state index < -0.39 is 30.3 Å². The third-order valence-corrected chi connectivity index (χ3v) is 4.68. The summed E-state index contributed by atoms with van der Waals surface area (Å²) in [6.07, 6.45) is -0.646. The van der Waals surface area contributed by atoms with Gasteiger partial charge in [-0.3, -0.25) is 0 Å². The number of amides is 3. The van der Waals surface area contributed by atoms with Gasteiger partial charge in [-0.2, -0.15) is 0 Å². The fraction of sp³-hybridized carbons (Fsp3) is 0.400. The van der Waals surface area contributed by atoms with Crippen molar-refractivity contribution in [1.82, 2.24) is 16.0 Å². The van der Waals surface area contributed by atoms with Crippen molar-refractivity contribution in [1.29, 1.82) is 0 Å². The number of urea groups is 1. The molecule has 33 heavy (non-hydrogen) atoms. The van der Waals surface area contributed by atoms with Gasteiger partial charge in [0.25, 0.3) is 0 Å². The Bertz CT molecular complexity index is 874. The monoisotopic (exact) mass is 455 g/mol. The van der Waals surface area contributed by atoms with Crippen LogP contribution >= 0.6 is 0 Å². The molecule has 8 heteroatoms. The number of ether oxygens (including phenoxy) is 2. The van der Waals surface area contributed by atoms with Crippen molar-refractivity contribution in [3.05, 3.63) is 71.8 Å². The Morgan fingerprint density at radius 3 is 2.00 bits per heavy atom. The number of nitrogens with one attached hydrogen (secondary N) is 3. The molecule has 0 radical (unpaired) electrons. The van der Waals surface area contributed by atoms with Gasteiger partial charge in [0, 0.05) is 6.42 Å². The number of carbonyl (C=O) groups is 3. The standard InChI is InChI=1S/C25H33N3O5/c1-4-32-23(29)21(15-18(2)3)26-24(30)27-22(16-19-11-7-5-8-12-19)28-25(31)33-17-20-13-9-6-10-14-20/h5-14,18,21-22H,4,15-17H2,1-3H3,(H,28,31)(H2,26,27,30)/t21-,22-/m0/s1. The molecule has 0 aliphatic rings. The zero-order valence-corrected chi connectivity index (χ0v) is 19.4. The molecule has 0 aliphatic heterocycles. The highest BCUT2D eigenvalue weighted by Crippen LogP contribution is 2.08. The predicted molar refractivity (Wildman–Crippen MR) is 125 cm³/mol. The molecule has 0 saturated heterocycles. The lowest BCUT2D eigenvalue weighted by Crippen LogP contribution is -2.55. The van der Waals surface area contributed by atoms with E-state index in [2.05, 4.69) is 16.0 Å². The van der Waals surface area contributed by atoms with Crippen molar-refractivity contribution in [3.8, 4) is 0 Å². The summed E-state index contributed by atoms with van der Waals surface area (Å²) < 4.78 is 10.4. The Morgan fingerprint density at radius 2 is 1.42 bits per heavy atom. The number of hydrogen-bond donors (Lipinski definition) is 3. The molecule has 0 fully saturated rings. The zero-order valence-electron chi connectivity index (χ0n) is 19.4. The van der Waals surface area contributed by atoms with Crippen molar-refractivity contribution in [3.63, 3.8) is 0 Å². The minimum absolute atomic E-state index is 0.107. The highest BCUT2D eigenvalue weighted by atomic mass is 16.5. The molecule has 2 aromatic rings. The molecule has 3 amide bonds. The highest BCUT2D eigenvalue weighted by molar-refractivity contribution is 5.84. The quantitative estimate of drug-likeness (QED) is 0.353. The van der Waals surface area contributed by atoms with Crippen LogP contribution in [-0.4, -0.2) is 36.9 Å². The molecule has 2 rings (SSSR count). The van der Waals surface area contributed by atoms with E-state index in [1.807, 2.05) is 74.5 Å². The van der Waals surface area contributed by atoms with Crippen molar-refractivity contribution >= 4 is 18.1 Å². The van der Waals surface area contributed by atoms with E-state index in [1.165, 1.54) is 0 Å². The van der Waals surface area contributed by atoms with Crippen LogP contribution in [-0.2, 0) is 27.3 Å². The fourth-order valence-corrected chi connectivity index (χ4v) is 3.18. The zero-order chi connectivity index (χ0) is 24.1. The third kappa shape index (κ3) is 10.1. The largest absolute Gasteiger partial charge is 0.464 e. The summed E-state index contributed by atoms with van der Waals surface area (Å²) in [5, 5.41) is 8.07. The van der Waals surface area contributed by atoms with Crippen LogP contribution in [0, 0.1) is 5.92 Å². The van der Waals surface area contributed by atoms with Gasteiger partial charge >= 0.3 is 18.1 Å². The maximum Gasteiger partial charge on any atom is 0.409 e. The first-order valence-corrected chi connectivity index (χ1v) is 11.1. The highest BCUT2D eigenvalue weighted by Gasteiger charge is 2.25. The fourth-order valence-electron chi connectivity index (χ4n) is 3.18. The molecular formula is C25H33N3O5. The Hall–Kier alpha value is -3.55. The molecule has 0 bridgehead atoms. The molecule has 2 atom stereocenters. The van der Waals surface area contributed by atoms with Crippen LogP contribution in [0.3, 0.4) is 0 Å². The van der Waals surface area contributed by atoms with E-state index in [-0.39, 0.29) is 19.1 Å². The molecule has 0 saturated carbocycles. The maximum atomic E-state index is 12.7. The first-order valence-electron chi connectivity index (χ1n) is 11.1. The lowest BCUT2D eigenvalue weighted by Gasteiger charge is -2.23. The van der Waals surface area contributed by atoms with Crippen LogP contribution in [0.25, 0.3) is 0 Å². The van der Waals surface area contributed by atoms with Crippen LogP contribution in [0.15, 0.2) is 60.7 Å². The van der Waals surface area contributed by atoms with Crippen LogP contribution in [0.4, 0.5) is 9.59 Å². The summed E-state index contributed by atoms with van der Waals surface area (Å²) in [5.74, 6) is -0.317. The lowest BCUT2D eigenvalue weighted by atomic mass is 10.0. The third-order valence-electron chi connectivity index (χ3n) is 4.68. The number of hydrogen-bond acceptors (Lipinski definition) is 5. The van der Waals surface area contributed by atoms with Gasteiger partial charge < -0.3 is 25.4 Å². The van der Waals surface area contributed by atoms with Gasteiger partial charge in [0.05, 0.1) is 6.61 Å². The Balaban J connectivity index is 2.01. The van der Waals surface area contributed by atoms with Gasteiger partial charge in [-0.05, 0) is 30.4 Å². The van der Waals surface area contributed by atoms with Gasteiger partial charge in [0.15, 0.2) is 0 Å². The first-order chi connectivity index (χ1) is 15.9. The van der Waals surface area contributed by atoms with Gasteiger partial charge in [-0.1, -0.05) is 74.5 Å². The van der Waals surface area contributed by atoms with Gasteiger partial charge in [0.1, 0.15) is 18.8 Å². The molecule has 178 valence electrons. The van der Waals surface area contributed by atoms with E-state index in [9.17, 15) is 14.4 Å². The minimum Gasteiger partial charge on any atom is -0.464 e. The average Bonchev–Trinajstić information content (AvgIpc) is 2.78. The minimum atomic E-state index is -0.785. The van der Waals surface area contributed by atoms with E-state index >= 15 is 0 Å². The second-order valence-electron chi connectivity index (χ2n) is 8.00. The number of benzene rings is 2. The molecule has 0 heterocycles. The maximum absolute atomic E-state index is 12.7. The van der Waals surface area contributed by atoms with Gasteiger partial charge in [-0.25, -0.2) is 14.4 Å². The van der Waals surface area contributed by atoms with E-state index in [1.54, 1.807) is 6.92 Å². The molecular weight excluding hydrogens is 422 g/mol. The summed E-state index contributed by atoms with van der Waals surface area (Å²) in [6, 6.07) is 17.4. The van der Waals surface area contributed by atoms with Crippen LogP contribution in [0.1, 0.15) is 38.3 Å². The second-order valence-corrected chi connectivity index (χ2v) is 8.00. The number of alkyl carbamates (subject to hydrolysis) is 1. The Morgan fingerprint density at radius 1 is 0.818 bits per heavy atom. The smallest absolute Gasteiger partial charge is 0.409 e. The molecule has 0 aromatic heterocycles. The van der Waals surface area contributed by atoms with Crippen molar-refractivity contribution in [2.75, 3.05) is 6.61 Å². The second kappa shape index (κ2) is 13.8. The molecule has 0 unspecified atom stereocenters. The van der Waals surface area contributed by atoms with Crippen LogP contribution in [0.2, 0.25) is 0 Å². The van der Waals surface area contributed by atoms with Crippen molar-refractivity contribution in [2.45, 2.75) is 52.4 Å². The van der Waals surface area contributed by atoms with Gasteiger partial charge in [0.2, 0.25) is 0 Å². The van der Waals surface area contributed by atoms with Crippen molar-refractivity contribution < 1.29 is 23.9 Å². The molecule has 3 N–H and O–H groups in total. The van der Waals surface area contributed by atoms with E-state index in [4.69, 9.17) is 9.47 Å². The molecule has 8 nitrogen and oxygen atoms in total. The van der Waals surface area contributed by atoms with Crippen LogP contribution < -0.4 is 16.0 Å². The summed E-state index contributed by atoms with van der Waals surface area (Å²) in [7, 11) is 0. The lowest BCUT2D eigenvalue weighted by molar-refractivity contribution is -0.145. The Labute approximate surface area is 195 Å². The molecule has 2 aromatic carbocycles. The summed E-state index contributed by atoms with van der Waals surface area (Å²) >= 11 is 0. The topological polar surface area (TPSA) is 106 Å². The number of carbonyl (C=O) groups excluding carboxylic acids is 3. The Kier molecular flexibility index (Phi) is 10.7. The summed E-state index contributed by atoms with van der Waals surface area (Å²) in [4.78, 5) is 37.3. The van der Waals surface area contributed by atoms with Crippen molar-refractivity contribution in [2.24, 2.45) is 5.92 Å². The summed E-state index contributed by atoms with van der Waals surface area (Å²) in [6.45, 7) is 5.95. The van der Waals surface area contributed by atoms with E-state index in [0.29, 0.717) is 12.8 Å². The van der Waals surface area contributed by atoms with Crippen LogP contribution in [0.5, 0.6) is 0 Å². The summed E-state index contributed by atoms with van der Waals surface area (Å²) in [5.41, 5.74) is 1.76. The average molecular weight is 456 g/mol. The first kappa shape index (κ1) is 25.7. The normalized spacial score (nSPS) is 12.4. The molecule has 0 aliphatic carbocycles. The number of esters is 1. The van der Waals surface area contributed by atoms with Gasteiger partial charge in [-0.15, -0.1) is 0 Å². The molecule has 0 spiro atoms. The predicted octanol–water partition coefficient (Wildman–Crippen LogP) is 3.76. The van der Waals surface area contributed by atoms with E-state index in [0.717, 1.165) is 11.1 Å². The SMILES string of the molecule is CCOC(=O)[C@H](CC(C)C)NC(=O)N[C@H](Cc1ccccc1)NC(=O)OCc1ccccc1.